The van der Waals surface area contributed by atoms with Crippen LogP contribution in [0.2, 0.25) is 0 Å². The number of hydrogen-bond acceptors (Lipinski definition) is 4. The fourth-order valence-electron chi connectivity index (χ4n) is 1.22. The number of anilines is 1. The molecule has 1 aromatic carbocycles. The van der Waals surface area contributed by atoms with Crippen LogP contribution in [0.25, 0.3) is 0 Å². The molecular weight excluding hydrogens is 178 g/mol. The van der Waals surface area contributed by atoms with Crippen molar-refractivity contribution in [3.8, 4) is 11.8 Å². The Morgan fingerprint density at radius 1 is 1.50 bits per heavy atom. The van der Waals surface area contributed by atoms with E-state index in [1.54, 1.807) is 18.2 Å². The molecule has 0 saturated heterocycles. The van der Waals surface area contributed by atoms with E-state index in [9.17, 15) is 5.11 Å². The van der Waals surface area contributed by atoms with Crippen molar-refractivity contribution in [2.24, 2.45) is 0 Å². The fraction of sp³-hybridized carbons (Fsp3) is 0.300. The van der Waals surface area contributed by atoms with Gasteiger partial charge < -0.3 is 16.2 Å². The molecular formula is C10H13N3O. The molecule has 4 nitrogen and oxygen atoms in total. The third-order valence-corrected chi connectivity index (χ3v) is 1.94. The summed E-state index contributed by atoms with van der Waals surface area (Å²) < 4.78 is 0. The molecule has 0 aromatic heterocycles. The van der Waals surface area contributed by atoms with E-state index in [0.717, 1.165) is 5.56 Å². The van der Waals surface area contributed by atoms with E-state index < -0.39 is 0 Å². The van der Waals surface area contributed by atoms with Crippen molar-refractivity contribution in [2.75, 3.05) is 18.8 Å². The zero-order valence-corrected chi connectivity index (χ0v) is 7.83. The molecule has 14 heavy (non-hydrogen) atoms. The van der Waals surface area contributed by atoms with Gasteiger partial charge in [-0.3, -0.25) is 0 Å². The van der Waals surface area contributed by atoms with Gasteiger partial charge in [0.1, 0.15) is 5.75 Å². The maximum Gasteiger partial charge on any atom is 0.120 e. The topological polar surface area (TPSA) is 82.1 Å². The number of phenols is 1. The van der Waals surface area contributed by atoms with Crippen LogP contribution in [0.15, 0.2) is 18.2 Å². The van der Waals surface area contributed by atoms with Gasteiger partial charge in [0.15, 0.2) is 0 Å². The number of rotatable bonds is 4. The predicted molar refractivity (Wildman–Crippen MR) is 54.7 cm³/mol. The standard InChI is InChI=1S/C10H13N3O/c11-5-7-13-6-4-8-9(12)2-1-3-10(8)14/h1-3,13-14H,4,6-7,12H2. The van der Waals surface area contributed by atoms with Crippen LogP contribution in [0, 0.1) is 11.3 Å². The van der Waals surface area contributed by atoms with Gasteiger partial charge in [0.2, 0.25) is 0 Å². The molecule has 0 heterocycles. The lowest BCUT2D eigenvalue weighted by atomic mass is 10.1. The first-order valence-corrected chi connectivity index (χ1v) is 4.39. The number of aromatic hydroxyl groups is 1. The molecule has 4 heteroatoms. The van der Waals surface area contributed by atoms with Gasteiger partial charge in [-0.1, -0.05) is 6.07 Å². The molecule has 4 N–H and O–H groups in total. The number of benzene rings is 1. The van der Waals surface area contributed by atoms with Gasteiger partial charge in [0, 0.05) is 17.8 Å². The molecule has 0 bridgehead atoms. The summed E-state index contributed by atoms with van der Waals surface area (Å²) in [5.41, 5.74) is 7.00. The monoisotopic (exact) mass is 191 g/mol. The second-order valence-corrected chi connectivity index (χ2v) is 2.93. The highest BCUT2D eigenvalue weighted by Gasteiger charge is 2.03. The highest BCUT2D eigenvalue weighted by molar-refractivity contribution is 5.53. The van der Waals surface area contributed by atoms with E-state index in [0.29, 0.717) is 25.2 Å². The zero-order chi connectivity index (χ0) is 10.4. The highest BCUT2D eigenvalue weighted by atomic mass is 16.3. The van der Waals surface area contributed by atoms with Gasteiger partial charge in [-0.2, -0.15) is 5.26 Å². The van der Waals surface area contributed by atoms with Gasteiger partial charge in [0.05, 0.1) is 12.6 Å². The molecule has 0 aliphatic carbocycles. The van der Waals surface area contributed by atoms with E-state index in [-0.39, 0.29) is 5.75 Å². The fourth-order valence-corrected chi connectivity index (χ4v) is 1.22. The first-order chi connectivity index (χ1) is 6.75. The van der Waals surface area contributed by atoms with Crippen LogP contribution in [0.4, 0.5) is 5.69 Å². The summed E-state index contributed by atoms with van der Waals surface area (Å²) in [5, 5.41) is 20.7. The molecule has 0 aliphatic rings. The van der Waals surface area contributed by atoms with Crippen molar-refractivity contribution in [1.82, 2.24) is 5.32 Å². The highest BCUT2D eigenvalue weighted by Crippen LogP contribution is 2.22. The van der Waals surface area contributed by atoms with Crippen molar-refractivity contribution in [3.05, 3.63) is 23.8 Å². The molecule has 1 aromatic rings. The third kappa shape index (κ3) is 2.64. The summed E-state index contributed by atoms with van der Waals surface area (Å²) in [4.78, 5) is 0. The van der Waals surface area contributed by atoms with Gasteiger partial charge >= 0.3 is 0 Å². The summed E-state index contributed by atoms with van der Waals surface area (Å²) in [6.07, 6.45) is 0.625. The number of nitrogen functional groups attached to an aromatic ring is 1. The van der Waals surface area contributed by atoms with E-state index in [2.05, 4.69) is 5.32 Å². The molecule has 0 spiro atoms. The molecule has 0 atom stereocenters. The minimum Gasteiger partial charge on any atom is -0.508 e. The smallest absolute Gasteiger partial charge is 0.120 e. The summed E-state index contributed by atoms with van der Waals surface area (Å²) >= 11 is 0. The first kappa shape index (κ1) is 10.4. The van der Waals surface area contributed by atoms with Crippen molar-refractivity contribution in [1.29, 1.82) is 5.26 Å². The van der Waals surface area contributed by atoms with Crippen molar-refractivity contribution in [2.45, 2.75) is 6.42 Å². The van der Waals surface area contributed by atoms with Crippen molar-refractivity contribution < 1.29 is 5.11 Å². The molecule has 0 saturated carbocycles. The molecule has 74 valence electrons. The summed E-state index contributed by atoms with van der Waals surface area (Å²) in [7, 11) is 0. The molecule has 1 rings (SSSR count). The quantitative estimate of drug-likeness (QED) is 0.370. The van der Waals surface area contributed by atoms with E-state index >= 15 is 0 Å². The van der Waals surface area contributed by atoms with Crippen LogP contribution >= 0.6 is 0 Å². The Morgan fingerprint density at radius 2 is 2.29 bits per heavy atom. The maximum atomic E-state index is 9.48. The van der Waals surface area contributed by atoms with Crippen molar-refractivity contribution in [3.63, 3.8) is 0 Å². The number of nitrogens with two attached hydrogens (primary N) is 1. The van der Waals surface area contributed by atoms with Gasteiger partial charge in [0.25, 0.3) is 0 Å². The number of nitrogens with zero attached hydrogens (tertiary/aromatic N) is 1. The largest absolute Gasteiger partial charge is 0.508 e. The van der Waals surface area contributed by atoms with Crippen LogP contribution in [0.5, 0.6) is 5.75 Å². The molecule has 0 unspecified atom stereocenters. The normalized spacial score (nSPS) is 9.64. The van der Waals surface area contributed by atoms with Gasteiger partial charge in [-0.15, -0.1) is 0 Å². The van der Waals surface area contributed by atoms with E-state index in [1.807, 2.05) is 6.07 Å². The van der Waals surface area contributed by atoms with Crippen LogP contribution in [-0.4, -0.2) is 18.2 Å². The molecule has 0 fully saturated rings. The maximum absolute atomic E-state index is 9.48. The Morgan fingerprint density at radius 3 is 2.93 bits per heavy atom. The summed E-state index contributed by atoms with van der Waals surface area (Å²) in [5.74, 6) is 0.212. The lowest BCUT2D eigenvalue weighted by molar-refractivity contribution is 0.468. The van der Waals surface area contributed by atoms with Crippen LogP contribution in [0.1, 0.15) is 5.56 Å². The number of hydrogen-bond donors (Lipinski definition) is 3. The Labute approximate surface area is 83.0 Å². The molecule has 0 aliphatic heterocycles. The second kappa shape index (κ2) is 5.10. The lowest BCUT2D eigenvalue weighted by Crippen LogP contribution is -2.17. The predicted octanol–water partition coefficient (Wildman–Crippen LogP) is 0.630. The van der Waals surface area contributed by atoms with Crippen LogP contribution < -0.4 is 11.1 Å². The van der Waals surface area contributed by atoms with Gasteiger partial charge in [-0.05, 0) is 18.6 Å². The van der Waals surface area contributed by atoms with E-state index in [4.69, 9.17) is 11.0 Å². The second-order valence-electron chi connectivity index (χ2n) is 2.93. The lowest BCUT2D eigenvalue weighted by Gasteiger charge is -2.07. The average molecular weight is 191 g/mol. The average Bonchev–Trinajstić information content (AvgIpc) is 2.16. The third-order valence-electron chi connectivity index (χ3n) is 1.94. The Kier molecular flexibility index (Phi) is 3.77. The summed E-state index contributed by atoms with van der Waals surface area (Å²) in [6, 6.07) is 7.04. The van der Waals surface area contributed by atoms with Gasteiger partial charge in [-0.25, -0.2) is 0 Å². The van der Waals surface area contributed by atoms with Crippen LogP contribution in [0.3, 0.4) is 0 Å². The number of phenolic OH excluding ortho intramolecular Hbond substituents is 1. The summed E-state index contributed by atoms with van der Waals surface area (Å²) in [6.45, 7) is 0.947. The Bertz CT molecular complexity index is 323. The first-order valence-electron chi connectivity index (χ1n) is 4.39. The minimum absolute atomic E-state index is 0.212. The molecule has 0 radical (unpaired) electrons. The van der Waals surface area contributed by atoms with Crippen LogP contribution in [-0.2, 0) is 6.42 Å². The molecule has 0 amide bonds. The van der Waals surface area contributed by atoms with E-state index in [1.165, 1.54) is 0 Å². The Balaban J connectivity index is 2.54. The zero-order valence-electron chi connectivity index (χ0n) is 7.83. The minimum atomic E-state index is 0.212. The SMILES string of the molecule is N#CCNCCc1c(N)cccc1O. The number of nitrogens with one attached hydrogen (secondary N) is 1. The number of nitriles is 1. The Hall–Kier alpha value is -1.73. The van der Waals surface area contributed by atoms with Crippen molar-refractivity contribution >= 4 is 5.69 Å².